The zero-order valence-electron chi connectivity index (χ0n) is 11.8. The first kappa shape index (κ1) is 15.9. The van der Waals surface area contributed by atoms with Gasteiger partial charge in [0.2, 0.25) is 0 Å². The summed E-state index contributed by atoms with van der Waals surface area (Å²) in [5.74, 6) is -3.62. The van der Waals surface area contributed by atoms with Crippen molar-refractivity contribution < 1.29 is 29.3 Å². The van der Waals surface area contributed by atoms with Crippen LogP contribution in [-0.2, 0) is 19.1 Å². The van der Waals surface area contributed by atoms with Crippen molar-refractivity contribution in [2.75, 3.05) is 6.54 Å². The number of cyclic esters (lactones) is 2. The third-order valence-electron chi connectivity index (χ3n) is 3.22. The monoisotopic (exact) mass is 305 g/mol. The normalized spacial score (nSPS) is 26.5. The summed E-state index contributed by atoms with van der Waals surface area (Å²) in [6.45, 7) is 1.10. The van der Waals surface area contributed by atoms with E-state index in [-0.39, 0.29) is 12.1 Å². The molecule has 0 aromatic heterocycles. The molecule has 0 saturated carbocycles. The van der Waals surface area contributed by atoms with E-state index in [4.69, 9.17) is 0 Å². The lowest BCUT2D eigenvalue weighted by molar-refractivity contribution is -0.155. The molecule has 1 heterocycles. The summed E-state index contributed by atoms with van der Waals surface area (Å²) in [6, 6.07) is 0. The predicted octanol–water partition coefficient (Wildman–Crippen LogP) is 0.192. The Morgan fingerprint density at radius 2 is 2.14 bits per heavy atom. The number of aliphatic hydroxyl groups excluding tert-OH is 1. The number of ether oxygens (including phenoxy) is 1. The summed E-state index contributed by atoms with van der Waals surface area (Å²) < 4.78 is 4.41. The van der Waals surface area contributed by atoms with Gasteiger partial charge in [-0.05, 0) is 13.0 Å². The molecule has 1 unspecified atom stereocenters. The Morgan fingerprint density at radius 1 is 1.41 bits per heavy atom. The highest BCUT2D eigenvalue weighted by Crippen LogP contribution is 2.22. The molecule has 2 aliphatic rings. The maximum Gasteiger partial charge on any atom is 0.353 e. The van der Waals surface area contributed by atoms with Gasteiger partial charge in [-0.15, -0.1) is 0 Å². The maximum atomic E-state index is 11.6. The SMILES string of the molecule is CC(=O)C1=C(O)C(=CCNC2(O)C=CC=CC2)C(=O)OC1=O. The highest BCUT2D eigenvalue weighted by atomic mass is 16.6. The number of ketones is 1. The average molecular weight is 305 g/mol. The lowest BCUT2D eigenvalue weighted by Crippen LogP contribution is -2.43. The number of carbonyl (C=O) groups excluding carboxylic acids is 3. The summed E-state index contributed by atoms with van der Waals surface area (Å²) >= 11 is 0. The lowest BCUT2D eigenvalue weighted by Gasteiger charge is -2.26. The second-order valence-electron chi connectivity index (χ2n) is 4.87. The minimum atomic E-state index is -1.26. The van der Waals surface area contributed by atoms with E-state index in [1.54, 1.807) is 24.3 Å². The summed E-state index contributed by atoms with van der Waals surface area (Å²) in [4.78, 5) is 34.3. The van der Waals surface area contributed by atoms with Gasteiger partial charge in [-0.1, -0.05) is 24.3 Å². The van der Waals surface area contributed by atoms with Crippen LogP contribution in [0.5, 0.6) is 0 Å². The zero-order valence-corrected chi connectivity index (χ0v) is 11.8. The molecule has 0 amide bonds. The van der Waals surface area contributed by atoms with Crippen molar-refractivity contribution in [3.63, 3.8) is 0 Å². The van der Waals surface area contributed by atoms with Crippen molar-refractivity contribution in [2.45, 2.75) is 19.1 Å². The minimum absolute atomic E-state index is 0.0164. The molecule has 116 valence electrons. The Labute approximate surface area is 126 Å². The molecular weight excluding hydrogens is 290 g/mol. The molecule has 2 rings (SSSR count). The Bertz CT molecular complexity index is 655. The molecule has 0 aromatic rings. The average Bonchev–Trinajstić information content (AvgIpc) is 2.42. The molecule has 0 fully saturated rings. The first-order valence-electron chi connectivity index (χ1n) is 6.57. The van der Waals surface area contributed by atoms with Crippen LogP contribution < -0.4 is 5.32 Å². The molecule has 0 radical (unpaired) electrons. The summed E-state index contributed by atoms with van der Waals surface area (Å²) in [5.41, 5.74) is -2.12. The fourth-order valence-electron chi connectivity index (χ4n) is 2.08. The molecular formula is C15H15NO6. The fourth-order valence-corrected chi connectivity index (χ4v) is 2.08. The Kier molecular flexibility index (Phi) is 4.39. The maximum absolute atomic E-state index is 11.6. The molecule has 7 heteroatoms. The van der Waals surface area contributed by atoms with E-state index in [9.17, 15) is 24.6 Å². The molecule has 1 atom stereocenters. The summed E-state index contributed by atoms with van der Waals surface area (Å²) in [6.07, 6.45) is 8.35. The fraction of sp³-hybridized carbons (Fsp3) is 0.267. The second-order valence-corrected chi connectivity index (χ2v) is 4.87. The highest BCUT2D eigenvalue weighted by molar-refractivity contribution is 6.23. The van der Waals surface area contributed by atoms with Crippen LogP contribution in [0.25, 0.3) is 0 Å². The van der Waals surface area contributed by atoms with Gasteiger partial charge >= 0.3 is 11.9 Å². The van der Waals surface area contributed by atoms with E-state index in [0.29, 0.717) is 6.42 Å². The first-order chi connectivity index (χ1) is 10.3. The van der Waals surface area contributed by atoms with E-state index in [1.807, 2.05) is 0 Å². The van der Waals surface area contributed by atoms with Crippen LogP contribution in [-0.4, -0.2) is 40.2 Å². The lowest BCUT2D eigenvalue weighted by atomic mass is 10.0. The molecule has 1 aliphatic heterocycles. The number of hydrogen-bond donors (Lipinski definition) is 3. The number of nitrogens with one attached hydrogen (secondary N) is 1. The number of aliphatic hydroxyl groups is 2. The van der Waals surface area contributed by atoms with Gasteiger partial charge in [-0.25, -0.2) is 9.59 Å². The Hall–Kier alpha value is -2.51. The molecule has 3 N–H and O–H groups in total. The molecule has 1 aliphatic carbocycles. The van der Waals surface area contributed by atoms with Gasteiger partial charge in [0, 0.05) is 13.0 Å². The second kappa shape index (κ2) is 6.08. The standard InChI is InChI=1S/C15H15NO6/c1-9(17)11-12(18)10(13(19)22-14(11)20)5-8-16-15(21)6-3-2-4-7-15/h2-6,16,18,21H,7-8H2,1H3. The quantitative estimate of drug-likeness (QED) is 0.223. The third-order valence-corrected chi connectivity index (χ3v) is 3.22. The van der Waals surface area contributed by atoms with Gasteiger partial charge in [-0.3, -0.25) is 10.1 Å². The first-order valence-corrected chi connectivity index (χ1v) is 6.57. The molecule has 0 bridgehead atoms. The van der Waals surface area contributed by atoms with Crippen LogP contribution in [0.4, 0.5) is 0 Å². The van der Waals surface area contributed by atoms with E-state index in [0.717, 1.165) is 6.92 Å². The van der Waals surface area contributed by atoms with Crippen molar-refractivity contribution in [2.24, 2.45) is 0 Å². The minimum Gasteiger partial charge on any atom is -0.506 e. The largest absolute Gasteiger partial charge is 0.506 e. The van der Waals surface area contributed by atoms with E-state index in [2.05, 4.69) is 10.1 Å². The van der Waals surface area contributed by atoms with Gasteiger partial charge in [0.15, 0.2) is 5.78 Å². The van der Waals surface area contributed by atoms with Crippen molar-refractivity contribution in [1.29, 1.82) is 0 Å². The van der Waals surface area contributed by atoms with Gasteiger partial charge < -0.3 is 14.9 Å². The van der Waals surface area contributed by atoms with Crippen LogP contribution in [0, 0.1) is 0 Å². The van der Waals surface area contributed by atoms with Crippen molar-refractivity contribution in [3.8, 4) is 0 Å². The highest BCUT2D eigenvalue weighted by Gasteiger charge is 2.34. The number of rotatable bonds is 4. The van der Waals surface area contributed by atoms with E-state index in [1.165, 1.54) is 6.08 Å². The third kappa shape index (κ3) is 3.21. The van der Waals surface area contributed by atoms with Crippen molar-refractivity contribution in [1.82, 2.24) is 5.32 Å². The molecule has 0 spiro atoms. The molecule has 0 saturated heterocycles. The number of hydrogen-bond acceptors (Lipinski definition) is 7. The van der Waals surface area contributed by atoms with E-state index < -0.39 is 34.8 Å². The zero-order chi connectivity index (χ0) is 16.3. The van der Waals surface area contributed by atoms with Gasteiger partial charge in [0.05, 0.1) is 0 Å². The van der Waals surface area contributed by atoms with Crippen LogP contribution in [0.3, 0.4) is 0 Å². The summed E-state index contributed by atoms with van der Waals surface area (Å²) in [7, 11) is 0. The van der Waals surface area contributed by atoms with Gasteiger partial charge in [0.25, 0.3) is 0 Å². The van der Waals surface area contributed by atoms with Crippen molar-refractivity contribution >= 4 is 17.7 Å². The summed E-state index contributed by atoms with van der Waals surface area (Å²) in [5, 5.41) is 22.8. The van der Waals surface area contributed by atoms with Crippen LogP contribution in [0.1, 0.15) is 13.3 Å². The van der Waals surface area contributed by atoms with Gasteiger partial charge in [-0.2, -0.15) is 0 Å². The number of carbonyl (C=O) groups is 3. The van der Waals surface area contributed by atoms with E-state index >= 15 is 0 Å². The molecule has 7 nitrogen and oxygen atoms in total. The number of Topliss-reactive ketones (excluding diaryl/α,β-unsaturated/α-hetero) is 1. The number of allylic oxidation sites excluding steroid dienone is 2. The Morgan fingerprint density at radius 3 is 2.73 bits per heavy atom. The van der Waals surface area contributed by atoms with Crippen LogP contribution in [0.2, 0.25) is 0 Å². The predicted molar refractivity (Wildman–Crippen MR) is 75.4 cm³/mol. The van der Waals surface area contributed by atoms with Crippen LogP contribution >= 0.6 is 0 Å². The topological polar surface area (TPSA) is 113 Å². The molecule has 22 heavy (non-hydrogen) atoms. The smallest absolute Gasteiger partial charge is 0.353 e. The van der Waals surface area contributed by atoms with Gasteiger partial charge in [0.1, 0.15) is 22.6 Å². The van der Waals surface area contributed by atoms with Crippen molar-refractivity contribution in [3.05, 3.63) is 47.3 Å². The molecule has 0 aromatic carbocycles. The number of esters is 2. The van der Waals surface area contributed by atoms with Crippen LogP contribution in [0.15, 0.2) is 47.3 Å². The Balaban J connectivity index is 2.18.